The zero-order valence-electron chi connectivity index (χ0n) is 15.9. The second-order valence-corrected chi connectivity index (χ2v) is 7.32. The topological polar surface area (TPSA) is 62.7 Å². The van der Waals surface area contributed by atoms with E-state index >= 15 is 0 Å². The third-order valence-electron chi connectivity index (χ3n) is 5.66. The van der Waals surface area contributed by atoms with Crippen LogP contribution in [0.5, 0.6) is 5.75 Å². The molecule has 28 heavy (non-hydrogen) atoms. The van der Waals surface area contributed by atoms with Gasteiger partial charge in [-0.1, -0.05) is 18.2 Å². The van der Waals surface area contributed by atoms with E-state index in [1.807, 2.05) is 52.3 Å². The quantitative estimate of drug-likeness (QED) is 0.741. The van der Waals surface area contributed by atoms with Crippen LogP contribution in [0.3, 0.4) is 0 Å². The molecule has 0 spiro atoms. The van der Waals surface area contributed by atoms with Gasteiger partial charge in [0, 0.05) is 31.8 Å². The van der Waals surface area contributed by atoms with Crippen molar-refractivity contribution in [2.24, 2.45) is 0 Å². The van der Waals surface area contributed by atoms with Crippen LogP contribution in [0, 0.1) is 0 Å². The number of carbonyl (C=O) groups is 2. The lowest BCUT2D eigenvalue weighted by Crippen LogP contribution is -2.41. The van der Waals surface area contributed by atoms with Gasteiger partial charge in [0.1, 0.15) is 12.4 Å². The summed E-state index contributed by atoms with van der Waals surface area (Å²) in [4.78, 5) is 33.1. The van der Waals surface area contributed by atoms with Gasteiger partial charge in [-0.3, -0.25) is 14.6 Å². The van der Waals surface area contributed by atoms with Crippen molar-refractivity contribution >= 4 is 11.8 Å². The Morgan fingerprint density at radius 3 is 2.68 bits per heavy atom. The summed E-state index contributed by atoms with van der Waals surface area (Å²) in [5.74, 6) is 1.07. The molecule has 0 bridgehead atoms. The van der Waals surface area contributed by atoms with Crippen LogP contribution in [0.4, 0.5) is 0 Å². The molecular weight excluding hydrogens is 354 g/mol. The fraction of sp³-hybridized carbons (Fsp3) is 0.409. The molecule has 0 radical (unpaired) electrons. The Labute approximate surface area is 165 Å². The lowest BCUT2D eigenvalue weighted by Gasteiger charge is -2.25. The first-order chi connectivity index (χ1) is 13.7. The fourth-order valence-electron chi connectivity index (χ4n) is 4.25. The van der Waals surface area contributed by atoms with Gasteiger partial charge in [-0.15, -0.1) is 0 Å². The average molecular weight is 379 g/mol. The van der Waals surface area contributed by atoms with Crippen LogP contribution in [0.1, 0.15) is 24.8 Å². The molecule has 2 atom stereocenters. The van der Waals surface area contributed by atoms with Crippen molar-refractivity contribution in [2.45, 2.75) is 37.8 Å². The molecule has 6 nitrogen and oxygen atoms in total. The predicted molar refractivity (Wildman–Crippen MR) is 105 cm³/mol. The molecule has 2 aliphatic rings. The summed E-state index contributed by atoms with van der Waals surface area (Å²) in [5, 5.41) is 0. The van der Waals surface area contributed by atoms with Crippen LogP contribution in [0.2, 0.25) is 0 Å². The van der Waals surface area contributed by atoms with Crippen molar-refractivity contribution in [3.05, 3.63) is 60.4 Å². The molecule has 2 aromatic rings. The number of amides is 2. The Bertz CT molecular complexity index is 812. The van der Waals surface area contributed by atoms with Crippen molar-refractivity contribution in [3.8, 4) is 5.75 Å². The lowest BCUT2D eigenvalue weighted by molar-refractivity contribution is -0.132. The maximum Gasteiger partial charge on any atom is 0.225 e. The largest absolute Gasteiger partial charge is 0.492 e. The van der Waals surface area contributed by atoms with Crippen molar-refractivity contribution < 1.29 is 14.3 Å². The highest BCUT2D eigenvalue weighted by molar-refractivity contribution is 5.83. The number of nitrogens with zero attached hydrogens (tertiary/aromatic N) is 3. The average Bonchev–Trinajstić information content (AvgIpc) is 3.27. The molecule has 2 saturated heterocycles. The number of benzene rings is 1. The summed E-state index contributed by atoms with van der Waals surface area (Å²) in [5.41, 5.74) is 1.11. The summed E-state index contributed by atoms with van der Waals surface area (Å²) < 4.78 is 5.75. The SMILES string of the molecule is O=C1C[C@H]2[C@H](CCN2C(=O)CCc2ccncc2)N1CCOc1ccccc1. The third-order valence-corrected chi connectivity index (χ3v) is 5.66. The van der Waals surface area contributed by atoms with Gasteiger partial charge in [0.05, 0.1) is 18.6 Å². The minimum Gasteiger partial charge on any atom is -0.492 e. The van der Waals surface area contributed by atoms with E-state index in [2.05, 4.69) is 4.98 Å². The highest BCUT2D eigenvalue weighted by Gasteiger charge is 2.47. The van der Waals surface area contributed by atoms with E-state index in [9.17, 15) is 9.59 Å². The number of pyridine rings is 1. The number of carbonyl (C=O) groups excluding carboxylic acids is 2. The number of hydrogen-bond donors (Lipinski definition) is 0. The first-order valence-electron chi connectivity index (χ1n) is 9.88. The van der Waals surface area contributed by atoms with Gasteiger partial charge in [-0.05, 0) is 42.7 Å². The first kappa shape index (κ1) is 18.5. The maximum absolute atomic E-state index is 12.7. The van der Waals surface area contributed by atoms with Crippen molar-refractivity contribution in [1.29, 1.82) is 0 Å². The number of hydrogen-bond acceptors (Lipinski definition) is 4. The molecule has 0 N–H and O–H groups in total. The number of aryl methyl sites for hydroxylation is 1. The van der Waals surface area contributed by atoms with Crippen molar-refractivity contribution in [2.75, 3.05) is 19.7 Å². The van der Waals surface area contributed by atoms with Crippen LogP contribution in [0.25, 0.3) is 0 Å². The summed E-state index contributed by atoms with van der Waals surface area (Å²) in [6.45, 7) is 1.76. The van der Waals surface area contributed by atoms with Gasteiger partial charge in [0.15, 0.2) is 0 Å². The van der Waals surface area contributed by atoms with E-state index in [0.717, 1.165) is 24.3 Å². The number of likely N-dealkylation sites (tertiary alicyclic amines) is 2. The zero-order chi connectivity index (χ0) is 19.3. The predicted octanol–water partition coefficient (Wildman–Crippen LogP) is 2.29. The van der Waals surface area contributed by atoms with Gasteiger partial charge in [-0.25, -0.2) is 0 Å². The molecule has 0 aliphatic carbocycles. The third kappa shape index (κ3) is 4.01. The molecular formula is C22H25N3O3. The van der Waals surface area contributed by atoms with E-state index in [1.165, 1.54) is 0 Å². The van der Waals surface area contributed by atoms with Crippen LogP contribution >= 0.6 is 0 Å². The lowest BCUT2D eigenvalue weighted by atomic mass is 10.1. The summed E-state index contributed by atoms with van der Waals surface area (Å²) in [7, 11) is 0. The Kier molecular flexibility index (Phi) is 5.55. The molecule has 2 aliphatic heterocycles. The van der Waals surface area contributed by atoms with Crippen LogP contribution in [-0.2, 0) is 16.0 Å². The van der Waals surface area contributed by atoms with E-state index in [0.29, 0.717) is 32.4 Å². The number of rotatable bonds is 7. The van der Waals surface area contributed by atoms with E-state index < -0.39 is 0 Å². The summed E-state index contributed by atoms with van der Waals surface area (Å²) in [6, 6.07) is 13.6. The van der Waals surface area contributed by atoms with Crippen LogP contribution in [-0.4, -0.2) is 58.4 Å². The second-order valence-electron chi connectivity index (χ2n) is 7.32. The van der Waals surface area contributed by atoms with Gasteiger partial charge in [0.2, 0.25) is 11.8 Å². The minimum absolute atomic E-state index is 0.00849. The smallest absolute Gasteiger partial charge is 0.225 e. The Morgan fingerprint density at radius 1 is 1.11 bits per heavy atom. The molecule has 3 heterocycles. The summed E-state index contributed by atoms with van der Waals surface area (Å²) in [6.07, 6.45) is 5.95. The number of para-hydroxylation sites is 1. The fourth-order valence-corrected chi connectivity index (χ4v) is 4.25. The molecule has 2 amide bonds. The van der Waals surface area contributed by atoms with Crippen LogP contribution < -0.4 is 4.74 Å². The maximum atomic E-state index is 12.7. The van der Waals surface area contributed by atoms with E-state index in [4.69, 9.17) is 4.74 Å². The molecule has 146 valence electrons. The van der Waals surface area contributed by atoms with Gasteiger partial charge in [0.25, 0.3) is 0 Å². The number of fused-ring (bicyclic) bond motifs is 1. The Balaban J connectivity index is 1.30. The first-order valence-corrected chi connectivity index (χ1v) is 9.88. The van der Waals surface area contributed by atoms with Crippen LogP contribution in [0.15, 0.2) is 54.9 Å². The Morgan fingerprint density at radius 2 is 1.89 bits per heavy atom. The molecule has 4 rings (SSSR count). The van der Waals surface area contributed by atoms with E-state index in [1.54, 1.807) is 12.4 Å². The molecule has 0 unspecified atom stereocenters. The van der Waals surface area contributed by atoms with E-state index in [-0.39, 0.29) is 23.9 Å². The molecule has 6 heteroatoms. The standard InChI is InChI=1S/C22H25N3O3/c26-21(7-6-17-8-11-23-12-9-17)24-13-10-19-20(24)16-22(27)25(19)14-15-28-18-4-2-1-3-5-18/h1-5,8-9,11-12,19-20H,6-7,10,13-16H2/t19-,20-/m0/s1. The molecule has 1 aromatic carbocycles. The Hall–Kier alpha value is -2.89. The molecule has 0 saturated carbocycles. The second kappa shape index (κ2) is 8.42. The summed E-state index contributed by atoms with van der Waals surface area (Å²) >= 11 is 0. The van der Waals surface area contributed by atoms with Crippen molar-refractivity contribution in [1.82, 2.24) is 14.8 Å². The molecule has 2 fully saturated rings. The highest BCUT2D eigenvalue weighted by Crippen LogP contribution is 2.32. The van der Waals surface area contributed by atoms with Gasteiger partial charge < -0.3 is 14.5 Å². The monoisotopic (exact) mass is 379 g/mol. The molecule has 1 aromatic heterocycles. The van der Waals surface area contributed by atoms with Crippen molar-refractivity contribution in [3.63, 3.8) is 0 Å². The minimum atomic E-state index is 0.00849. The van der Waals surface area contributed by atoms with Gasteiger partial charge >= 0.3 is 0 Å². The number of aromatic nitrogens is 1. The zero-order valence-corrected chi connectivity index (χ0v) is 15.9. The number of ether oxygens (including phenoxy) is 1. The van der Waals surface area contributed by atoms with Gasteiger partial charge in [-0.2, -0.15) is 0 Å². The normalized spacial score (nSPS) is 21.1. The highest BCUT2D eigenvalue weighted by atomic mass is 16.5.